The third-order valence-electron chi connectivity index (χ3n) is 12.4. The van der Waals surface area contributed by atoms with Crippen LogP contribution in [0.3, 0.4) is 0 Å². The molecule has 3 rings (SSSR count). The van der Waals surface area contributed by atoms with Gasteiger partial charge < -0.3 is 51.7 Å². The van der Waals surface area contributed by atoms with Crippen LogP contribution >= 0.6 is 0 Å². The van der Waals surface area contributed by atoms with Crippen molar-refractivity contribution in [2.45, 2.75) is 154 Å². The number of rotatable bonds is 26. The Morgan fingerprint density at radius 1 is 0.754 bits per heavy atom. The molecule has 19 heteroatoms. The summed E-state index contributed by atoms with van der Waals surface area (Å²) in [4.78, 5) is 119. The van der Waals surface area contributed by atoms with Crippen molar-refractivity contribution in [2.24, 2.45) is 0 Å². The molecule has 0 unspecified atom stereocenters. The number of ketones is 1. The summed E-state index contributed by atoms with van der Waals surface area (Å²) in [7, 11) is 2.73. The van der Waals surface area contributed by atoms with Gasteiger partial charge >= 0.3 is 5.97 Å². The zero-order valence-corrected chi connectivity index (χ0v) is 41.0. The minimum Gasteiger partial charge on any atom is -0.507 e. The van der Waals surface area contributed by atoms with Crippen LogP contribution < -0.4 is 26.6 Å². The quantitative estimate of drug-likeness (QED) is 0.0499. The van der Waals surface area contributed by atoms with Crippen LogP contribution in [0.25, 0.3) is 11.1 Å². The maximum absolute atomic E-state index is 14.1. The highest BCUT2D eigenvalue weighted by molar-refractivity contribution is 6.33. The maximum atomic E-state index is 14.1. The number of nitrogens with zero attached hydrogens (tertiary/aromatic N) is 2. The van der Waals surface area contributed by atoms with Crippen molar-refractivity contribution in [1.82, 2.24) is 36.4 Å². The highest BCUT2D eigenvalue weighted by atomic mass is 16.4. The summed E-state index contributed by atoms with van der Waals surface area (Å²) in [5.41, 5.74) is 2.14. The number of likely N-dealkylation sites (N-methyl/N-ethyl adjacent to an activating group) is 2. The van der Waals surface area contributed by atoms with Crippen LogP contribution in [-0.4, -0.2) is 136 Å². The lowest BCUT2D eigenvalue weighted by molar-refractivity contribution is -0.149. The SMILES string of the molecule is CCCCCCCCCCCCCCCC(=O)N(C)[C@H](CO)C(=O)N[C@H](C)C(=O)NCC(=O)N(C)[C@@H]1C(=O)N[C@@H](C)C(=O)N[C@H](C(=O)NCC(=O)C(=O)O)Cc2ccc(O)c(c2)-c2cc1ccc2C. The number of aliphatic carboxylic acids is 1. The number of nitrogens with one attached hydrogen (secondary N) is 5. The smallest absolute Gasteiger partial charge is 0.374 e. The van der Waals surface area contributed by atoms with Crippen molar-refractivity contribution in [3.05, 3.63) is 53.1 Å². The van der Waals surface area contributed by atoms with Gasteiger partial charge in [0.25, 0.3) is 5.78 Å². The zero-order chi connectivity index (χ0) is 51.2. The fourth-order valence-corrected chi connectivity index (χ4v) is 8.03. The number of phenols is 1. The number of aliphatic hydroxyl groups excluding tert-OH is 1. The van der Waals surface area contributed by atoms with Gasteiger partial charge in [-0.15, -0.1) is 0 Å². The van der Waals surface area contributed by atoms with Gasteiger partial charge in [-0.05, 0) is 67.6 Å². The van der Waals surface area contributed by atoms with E-state index in [0.717, 1.165) is 24.2 Å². The van der Waals surface area contributed by atoms with Crippen LogP contribution in [0.15, 0.2) is 36.4 Å². The van der Waals surface area contributed by atoms with Gasteiger partial charge in [-0.1, -0.05) is 102 Å². The second kappa shape index (κ2) is 28.8. The third-order valence-corrected chi connectivity index (χ3v) is 12.4. The first-order valence-corrected chi connectivity index (χ1v) is 24.1. The predicted molar refractivity (Wildman–Crippen MR) is 257 cm³/mol. The van der Waals surface area contributed by atoms with Crippen LogP contribution in [0.4, 0.5) is 0 Å². The largest absolute Gasteiger partial charge is 0.507 e. The normalized spacial score (nSPS) is 16.7. The highest BCUT2D eigenvalue weighted by Crippen LogP contribution is 2.35. The summed E-state index contributed by atoms with van der Waals surface area (Å²) in [5.74, 6) is -8.40. The number of amides is 7. The molecule has 1 heterocycles. The van der Waals surface area contributed by atoms with Crippen molar-refractivity contribution in [3.8, 4) is 16.9 Å². The van der Waals surface area contributed by atoms with E-state index in [4.69, 9.17) is 5.11 Å². The molecule has 4 bridgehead atoms. The Morgan fingerprint density at radius 3 is 1.96 bits per heavy atom. The number of carboxylic acid groups (broad SMARTS) is 1. The number of aryl methyl sites for hydroxylation is 1. The van der Waals surface area contributed by atoms with Crippen molar-refractivity contribution in [2.75, 3.05) is 33.8 Å². The molecule has 2 aromatic carbocycles. The minimum absolute atomic E-state index is 0.155. The Bertz CT molecular complexity index is 2130. The molecule has 8 N–H and O–H groups in total. The molecule has 7 amide bonds. The number of phenolic OH excluding ortho intramolecular Hbond substituents is 1. The van der Waals surface area contributed by atoms with E-state index in [0.29, 0.717) is 23.1 Å². The number of carbonyl (C=O) groups excluding carboxylic acids is 8. The van der Waals surface area contributed by atoms with Gasteiger partial charge in [-0.2, -0.15) is 0 Å². The van der Waals surface area contributed by atoms with Crippen molar-refractivity contribution >= 4 is 53.1 Å². The van der Waals surface area contributed by atoms with E-state index >= 15 is 0 Å². The number of fused-ring (bicyclic) bond motifs is 5. The molecular formula is C50H73N7O12. The number of hydrogen-bond donors (Lipinski definition) is 8. The van der Waals surface area contributed by atoms with Crippen molar-refractivity contribution in [1.29, 1.82) is 0 Å². The molecule has 0 aliphatic carbocycles. The standard InChI is InChI=1S/C50H73N7O12/c1-7-8-9-10-11-12-13-14-15-16-17-18-19-20-42(61)56(5)39(30-58)48(66)53-32(3)45(63)52-29-43(62)57(6)44-35-23-21-31(2)36(27-35)37-25-34(22-24-40(37)59)26-38(47(65)51-28-41(60)50(68)69)55-46(64)33(4)54-49(44)67/h21-25,27,32-33,38-39,44,58-59H,7-20,26,28-30H2,1-6H3,(H,51,65)(H,52,63)(H,53,66)(H,54,67)(H,55,64)(H,68,69)/t32-,33+,38+,39-,44+/m1/s1. The molecule has 380 valence electrons. The van der Waals surface area contributed by atoms with Crippen LogP contribution in [0.1, 0.15) is 133 Å². The van der Waals surface area contributed by atoms with E-state index in [-0.39, 0.29) is 35.6 Å². The molecule has 0 spiro atoms. The molecule has 69 heavy (non-hydrogen) atoms. The van der Waals surface area contributed by atoms with Gasteiger partial charge in [0.15, 0.2) is 0 Å². The van der Waals surface area contributed by atoms with Crippen molar-refractivity contribution in [3.63, 3.8) is 0 Å². The van der Waals surface area contributed by atoms with Crippen LogP contribution in [-0.2, 0) is 49.6 Å². The van der Waals surface area contributed by atoms with E-state index in [1.54, 1.807) is 31.2 Å². The first kappa shape index (κ1) is 57.0. The summed E-state index contributed by atoms with van der Waals surface area (Å²) >= 11 is 0. The lowest BCUT2D eigenvalue weighted by Crippen LogP contribution is -2.56. The molecule has 0 radical (unpaired) electrons. The van der Waals surface area contributed by atoms with E-state index in [1.807, 2.05) is 0 Å². The number of benzene rings is 2. The fraction of sp³-hybridized carbons (Fsp3) is 0.580. The number of unbranched alkanes of at least 4 members (excludes halogenated alkanes) is 12. The molecule has 0 fully saturated rings. The summed E-state index contributed by atoms with van der Waals surface area (Å²) in [5, 5.41) is 42.3. The molecular weight excluding hydrogens is 891 g/mol. The van der Waals surface area contributed by atoms with Gasteiger partial charge in [0.2, 0.25) is 41.4 Å². The second-order valence-corrected chi connectivity index (χ2v) is 17.9. The van der Waals surface area contributed by atoms with E-state index < -0.39 is 97.1 Å². The lowest BCUT2D eigenvalue weighted by Gasteiger charge is -2.30. The Morgan fingerprint density at radius 2 is 1.36 bits per heavy atom. The number of aliphatic hydroxyl groups is 1. The van der Waals surface area contributed by atoms with Crippen LogP contribution in [0, 0.1) is 6.92 Å². The monoisotopic (exact) mass is 964 g/mol. The molecule has 19 nitrogen and oxygen atoms in total. The van der Waals surface area contributed by atoms with Gasteiger partial charge in [0.1, 0.15) is 36.0 Å². The Labute approximate surface area is 404 Å². The topological polar surface area (TPSA) is 281 Å². The summed E-state index contributed by atoms with van der Waals surface area (Å²) in [6.45, 7) is 4.50. The van der Waals surface area contributed by atoms with Gasteiger partial charge in [-0.25, -0.2) is 4.79 Å². The van der Waals surface area contributed by atoms with E-state index in [2.05, 4.69) is 33.5 Å². The Kier molecular flexibility index (Phi) is 23.8. The molecule has 1 aliphatic rings. The van der Waals surface area contributed by atoms with Gasteiger partial charge in [-0.3, -0.25) is 38.4 Å². The third kappa shape index (κ3) is 17.9. The molecule has 0 aromatic heterocycles. The number of carboxylic acids is 1. The predicted octanol–water partition coefficient (Wildman–Crippen LogP) is 3.10. The zero-order valence-electron chi connectivity index (χ0n) is 41.0. The Balaban J connectivity index is 1.65. The second-order valence-electron chi connectivity index (χ2n) is 17.9. The molecule has 1 aliphatic heterocycles. The molecule has 0 saturated carbocycles. The summed E-state index contributed by atoms with van der Waals surface area (Å²) in [6.07, 6.45) is 15.1. The average molecular weight is 964 g/mol. The minimum atomic E-state index is -1.76. The van der Waals surface area contributed by atoms with E-state index in [1.165, 1.54) is 103 Å². The van der Waals surface area contributed by atoms with Crippen LogP contribution in [0.5, 0.6) is 5.75 Å². The maximum Gasteiger partial charge on any atom is 0.374 e. The van der Waals surface area contributed by atoms with E-state index in [9.17, 15) is 53.4 Å². The summed E-state index contributed by atoms with van der Waals surface area (Å²) < 4.78 is 0. The number of hydrogen-bond acceptors (Lipinski definition) is 11. The Hall–Kier alpha value is -6.37. The van der Waals surface area contributed by atoms with Gasteiger partial charge in [0.05, 0.1) is 19.7 Å². The summed E-state index contributed by atoms with van der Waals surface area (Å²) in [6, 6.07) is 2.77. The highest BCUT2D eigenvalue weighted by Gasteiger charge is 2.34. The molecule has 2 aromatic rings. The first-order valence-electron chi connectivity index (χ1n) is 24.1. The van der Waals surface area contributed by atoms with Crippen molar-refractivity contribution < 1.29 is 58.5 Å². The fourth-order valence-electron chi connectivity index (χ4n) is 8.03. The molecule has 0 saturated heterocycles. The number of aromatic hydroxyl groups is 1. The molecule has 5 atom stereocenters. The lowest BCUT2D eigenvalue weighted by atomic mass is 9.91. The number of Topliss-reactive ketones (excluding diaryl/α,β-unsaturated/α-hetero) is 1. The average Bonchev–Trinajstić information content (AvgIpc) is 3.31. The first-order chi connectivity index (χ1) is 32.8. The number of carbonyl (C=O) groups is 9. The van der Waals surface area contributed by atoms with Crippen LogP contribution in [0.2, 0.25) is 0 Å². The van der Waals surface area contributed by atoms with Gasteiger partial charge in [0, 0.05) is 32.5 Å².